The van der Waals surface area contributed by atoms with Crippen molar-refractivity contribution in [3.63, 3.8) is 0 Å². The van der Waals surface area contributed by atoms with Gasteiger partial charge in [0, 0.05) is 21.7 Å². The first-order chi connectivity index (χ1) is 10.7. The van der Waals surface area contributed by atoms with Crippen LogP contribution in [0.5, 0.6) is 0 Å². The summed E-state index contributed by atoms with van der Waals surface area (Å²) in [6, 6.07) is 16.0. The van der Waals surface area contributed by atoms with Crippen molar-refractivity contribution in [1.82, 2.24) is 4.98 Å². The predicted molar refractivity (Wildman–Crippen MR) is 92.8 cm³/mol. The van der Waals surface area contributed by atoms with Crippen LogP contribution in [0, 0.1) is 0 Å². The molecule has 0 bridgehead atoms. The summed E-state index contributed by atoms with van der Waals surface area (Å²) >= 11 is 7.71. The van der Waals surface area contributed by atoms with Gasteiger partial charge in [-0.3, -0.25) is 4.99 Å². The van der Waals surface area contributed by atoms with Crippen LogP contribution in [0.3, 0.4) is 0 Å². The normalized spacial score (nSPS) is 13.0. The zero-order valence-electron chi connectivity index (χ0n) is 11.6. The highest BCUT2D eigenvalue weighted by Crippen LogP contribution is 2.37. The van der Waals surface area contributed by atoms with E-state index in [2.05, 4.69) is 17.1 Å². The van der Waals surface area contributed by atoms with E-state index in [1.807, 2.05) is 36.4 Å². The lowest BCUT2D eigenvalue weighted by Gasteiger charge is -2.10. The van der Waals surface area contributed by atoms with Gasteiger partial charge in [0.15, 0.2) is 5.13 Å². The quantitative estimate of drug-likeness (QED) is 0.721. The van der Waals surface area contributed by atoms with Crippen LogP contribution in [0.4, 0.5) is 5.13 Å². The van der Waals surface area contributed by atoms with Gasteiger partial charge in [0.05, 0.1) is 22.8 Å². The molecule has 0 radical (unpaired) electrons. The first kappa shape index (κ1) is 13.5. The van der Waals surface area contributed by atoms with Gasteiger partial charge in [-0.15, -0.1) is 0 Å². The van der Waals surface area contributed by atoms with Crippen LogP contribution in [0.2, 0.25) is 5.02 Å². The summed E-state index contributed by atoms with van der Waals surface area (Å²) in [7, 11) is 0. The number of aromatic nitrogens is 1. The maximum atomic E-state index is 6.22. The summed E-state index contributed by atoms with van der Waals surface area (Å²) in [5.41, 5.74) is 10.9. The van der Waals surface area contributed by atoms with Crippen LogP contribution < -0.4 is 5.73 Å². The topological polar surface area (TPSA) is 51.3 Å². The van der Waals surface area contributed by atoms with E-state index < -0.39 is 0 Å². The Kier molecular flexibility index (Phi) is 3.21. The van der Waals surface area contributed by atoms with E-state index in [4.69, 9.17) is 22.3 Å². The van der Waals surface area contributed by atoms with Gasteiger partial charge < -0.3 is 5.73 Å². The Hall–Kier alpha value is -2.17. The number of nitrogens with zero attached hydrogens (tertiary/aromatic N) is 2. The van der Waals surface area contributed by atoms with E-state index >= 15 is 0 Å². The fourth-order valence-corrected chi connectivity index (χ4v) is 3.63. The predicted octanol–water partition coefficient (Wildman–Crippen LogP) is 4.40. The number of nitrogens with two attached hydrogens (primary N) is 1. The average molecular weight is 326 g/mol. The van der Waals surface area contributed by atoms with Crippen molar-refractivity contribution < 1.29 is 0 Å². The Labute approximate surface area is 137 Å². The van der Waals surface area contributed by atoms with E-state index in [1.165, 1.54) is 11.3 Å². The third-order valence-electron chi connectivity index (χ3n) is 3.63. The molecular weight excluding hydrogens is 314 g/mol. The molecule has 2 aromatic carbocycles. The van der Waals surface area contributed by atoms with Gasteiger partial charge in [0.1, 0.15) is 0 Å². The molecule has 0 atom stereocenters. The van der Waals surface area contributed by atoms with E-state index in [1.54, 1.807) is 0 Å². The molecule has 0 saturated carbocycles. The van der Waals surface area contributed by atoms with Crippen LogP contribution >= 0.6 is 22.9 Å². The minimum absolute atomic E-state index is 0.573. The lowest BCUT2D eigenvalue weighted by Crippen LogP contribution is -2.04. The number of anilines is 1. The van der Waals surface area contributed by atoms with E-state index in [0.29, 0.717) is 16.7 Å². The Balaban J connectivity index is 1.99. The maximum absolute atomic E-state index is 6.22. The van der Waals surface area contributed by atoms with Crippen LogP contribution in [0.25, 0.3) is 11.3 Å². The van der Waals surface area contributed by atoms with Gasteiger partial charge in [-0.2, -0.15) is 0 Å². The molecule has 1 aromatic heterocycles. The molecule has 0 fully saturated rings. The molecule has 3 aromatic rings. The smallest absolute Gasteiger partial charge is 0.180 e. The van der Waals surface area contributed by atoms with E-state index in [0.717, 1.165) is 33.0 Å². The largest absolute Gasteiger partial charge is 0.375 e. The Morgan fingerprint density at radius 3 is 2.68 bits per heavy atom. The van der Waals surface area contributed by atoms with Gasteiger partial charge >= 0.3 is 0 Å². The minimum Gasteiger partial charge on any atom is -0.375 e. The zero-order valence-corrected chi connectivity index (χ0v) is 13.2. The summed E-state index contributed by atoms with van der Waals surface area (Å²) < 4.78 is 0. The van der Waals surface area contributed by atoms with Crippen molar-refractivity contribution in [3.05, 3.63) is 69.6 Å². The SMILES string of the molecule is Nc1nc2c(s1)CN=C(c1ccccc1)c1cc(Cl)ccc1-2. The lowest BCUT2D eigenvalue weighted by molar-refractivity contribution is 1.10. The molecule has 5 heteroatoms. The average Bonchev–Trinajstić information content (AvgIpc) is 2.83. The number of thiazole rings is 1. The first-order valence-corrected chi connectivity index (χ1v) is 8.07. The standard InChI is InChI=1S/C17H12ClN3S/c18-11-6-7-12-13(8-11)15(10-4-2-1-3-5-10)20-9-14-16(12)21-17(19)22-14/h1-8H,9H2,(H2,19,21). The third kappa shape index (κ3) is 2.21. The van der Waals surface area contributed by atoms with Crippen molar-refractivity contribution >= 4 is 33.8 Å². The molecule has 2 heterocycles. The van der Waals surface area contributed by atoms with Crippen LogP contribution in [0.15, 0.2) is 53.5 Å². The molecule has 4 rings (SSSR count). The number of hydrogen-bond acceptors (Lipinski definition) is 4. The highest BCUT2D eigenvalue weighted by atomic mass is 35.5. The minimum atomic E-state index is 0.573. The van der Waals surface area contributed by atoms with Crippen molar-refractivity contribution in [2.75, 3.05) is 5.73 Å². The third-order valence-corrected chi connectivity index (χ3v) is 4.74. The molecule has 108 valence electrons. The molecule has 2 N–H and O–H groups in total. The number of halogens is 1. The monoisotopic (exact) mass is 325 g/mol. The number of benzene rings is 2. The molecule has 0 spiro atoms. The first-order valence-electron chi connectivity index (χ1n) is 6.88. The highest BCUT2D eigenvalue weighted by Gasteiger charge is 2.22. The van der Waals surface area contributed by atoms with Crippen molar-refractivity contribution in [3.8, 4) is 11.3 Å². The van der Waals surface area contributed by atoms with Crippen molar-refractivity contribution in [1.29, 1.82) is 0 Å². The molecule has 0 aliphatic carbocycles. The highest BCUT2D eigenvalue weighted by molar-refractivity contribution is 7.15. The summed E-state index contributed by atoms with van der Waals surface area (Å²) in [5.74, 6) is 0. The number of fused-ring (bicyclic) bond motifs is 3. The number of nitrogen functional groups attached to an aromatic ring is 1. The second-order valence-corrected chi connectivity index (χ2v) is 6.60. The summed E-state index contributed by atoms with van der Waals surface area (Å²) in [6.07, 6.45) is 0. The zero-order chi connectivity index (χ0) is 15.1. The number of rotatable bonds is 1. The van der Waals surface area contributed by atoms with Crippen LogP contribution in [0.1, 0.15) is 16.0 Å². The second kappa shape index (κ2) is 5.23. The van der Waals surface area contributed by atoms with Gasteiger partial charge in [0.2, 0.25) is 0 Å². The van der Waals surface area contributed by atoms with E-state index in [9.17, 15) is 0 Å². The summed E-state index contributed by atoms with van der Waals surface area (Å²) in [4.78, 5) is 10.4. The number of aliphatic imine (C=N–C) groups is 1. The second-order valence-electron chi connectivity index (χ2n) is 5.04. The molecule has 22 heavy (non-hydrogen) atoms. The van der Waals surface area contributed by atoms with Gasteiger partial charge in [0.25, 0.3) is 0 Å². The van der Waals surface area contributed by atoms with Crippen molar-refractivity contribution in [2.24, 2.45) is 4.99 Å². The summed E-state index contributed by atoms with van der Waals surface area (Å²) in [6.45, 7) is 0.584. The van der Waals surface area contributed by atoms with Gasteiger partial charge in [-0.25, -0.2) is 4.98 Å². The Morgan fingerprint density at radius 2 is 1.86 bits per heavy atom. The van der Waals surface area contributed by atoms with Crippen LogP contribution in [-0.4, -0.2) is 10.7 Å². The van der Waals surface area contributed by atoms with Crippen LogP contribution in [-0.2, 0) is 6.54 Å². The fourth-order valence-electron chi connectivity index (χ4n) is 2.69. The lowest BCUT2D eigenvalue weighted by atomic mass is 9.96. The number of hydrogen-bond donors (Lipinski definition) is 1. The maximum Gasteiger partial charge on any atom is 0.180 e. The van der Waals surface area contributed by atoms with Gasteiger partial charge in [-0.1, -0.05) is 59.3 Å². The molecule has 0 saturated heterocycles. The Bertz CT molecular complexity index is 884. The molecule has 0 amide bonds. The molecule has 1 aliphatic rings. The summed E-state index contributed by atoms with van der Waals surface area (Å²) in [5, 5.41) is 1.26. The molecule has 1 aliphatic heterocycles. The fraction of sp³-hybridized carbons (Fsp3) is 0.0588. The van der Waals surface area contributed by atoms with Gasteiger partial charge in [-0.05, 0) is 12.1 Å². The Morgan fingerprint density at radius 1 is 1.05 bits per heavy atom. The molecule has 0 unspecified atom stereocenters. The molecule has 3 nitrogen and oxygen atoms in total. The molecular formula is C17H12ClN3S. The van der Waals surface area contributed by atoms with E-state index in [-0.39, 0.29) is 0 Å². The van der Waals surface area contributed by atoms with Crippen molar-refractivity contribution in [2.45, 2.75) is 6.54 Å².